The van der Waals surface area contributed by atoms with Gasteiger partial charge < -0.3 is 13.9 Å². The molecule has 0 aliphatic carbocycles. The number of benzene rings is 2. The molecule has 4 nitrogen and oxygen atoms in total. The summed E-state index contributed by atoms with van der Waals surface area (Å²) >= 11 is 0. The van der Waals surface area contributed by atoms with Gasteiger partial charge in [-0.3, -0.25) is 0 Å². The van der Waals surface area contributed by atoms with Crippen LogP contribution in [0.15, 0.2) is 46.9 Å². The predicted octanol–water partition coefficient (Wildman–Crippen LogP) is 3.63. The van der Waals surface area contributed by atoms with Crippen LogP contribution in [0, 0.1) is 0 Å². The highest BCUT2D eigenvalue weighted by molar-refractivity contribution is 5.72. The number of para-hydroxylation sites is 2. The van der Waals surface area contributed by atoms with Gasteiger partial charge in [-0.2, -0.15) is 0 Å². The molecule has 0 amide bonds. The minimum absolute atomic E-state index is 0.739. The summed E-state index contributed by atoms with van der Waals surface area (Å²) in [5, 5.41) is 0. The lowest BCUT2D eigenvalue weighted by atomic mass is 10.1. The monoisotopic (exact) mass is 283 g/mol. The van der Waals surface area contributed by atoms with Crippen molar-refractivity contribution in [3.05, 3.63) is 53.9 Å². The van der Waals surface area contributed by atoms with Crippen molar-refractivity contribution in [2.24, 2.45) is 0 Å². The Hall–Kier alpha value is -2.49. The molecule has 0 fully saturated rings. The average Bonchev–Trinajstić information content (AvgIpc) is 2.95. The van der Waals surface area contributed by atoms with Crippen LogP contribution in [0.2, 0.25) is 0 Å². The van der Waals surface area contributed by atoms with E-state index < -0.39 is 0 Å². The maximum atomic E-state index is 5.72. The topological polar surface area (TPSA) is 44.5 Å². The quantitative estimate of drug-likeness (QED) is 0.717. The van der Waals surface area contributed by atoms with Crippen molar-refractivity contribution in [1.82, 2.24) is 4.98 Å². The lowest BCUT2D eigenvalue weighted by Gasteiger charge is -2.08. The molecule has 0 aliphatic rings. The van der Waals surface area contributed by atoms with Crippen LogP contribution in [0.1, 0.15) is 11.5 Å². The highest BCUT2D eigenvalue weighted by Crippen LogP contribution is 2.28. The molecule has 1 heterocycles. The molecule has 1 aromatic heterocycles. The second-order valence-corrected chi connectivity index (χ2v) is 4.76. The number of aryl methyl sites for hydroxylation is 2. The highest BCUT2D eigenvalue weighted by atomic mass is 16.5. The zero-order valence-electron chi connectivity index (χ0n) is 12.1. The van der Waals surface area contributed by atoms with Crippen LogP contribution in [0.25, 0.3) is 11.1 Å². The maximum Gasteiger partial charge on any atom is 0.195 e. The van der Waals surface area contributed by atoms with Crippen molar-refractivity contribution in [2.75, 3.05) is 14.2 Å². The maximum absolute atomic E-state index is 5.72. The van der Waals surface area contributed by atoms with Gasteiger partial charge in [0.2, 0.25) is 0 Å². The zero-order chi connectivity index (χ0) is 14.7. The summed E-state index contributed by atoms with van der Waals surface area (Å²) < 4.78 is 16.3. The Balaban J connectivity index is 1.75. The number of rotatable bonds is 5. The van der Waals surface area contributed by atoms with Crippen molar-refractivity contribution >= 4 is 11.1 Å². The SMILES string of the molecule is COc1ccc(CCc2nc3ccccc3o2)cc1OC. The first-order chi connectivity index (χ1) is 10.3. The van der Waals surface area contributed by atoms with Crippen molar-refractivity contribution in [3.63, 3.8) is 0 Å². The minimum Gasteiger partial charge on any atom is -0.493 e. The van der Waals surface area contributed by atoms with Crippen molar-refractivity contribution in [1.29, 1.82) is 0 Å². The molecule has 3 rings (SSSR count). The lowest BCUT2D eigenvalue weighted by molar-refractivity contribution is 0.354. The first kappa shape index (κ1) is 13.5. The van der Waals surface area contributed by atoms with Crippen LogP contribution in [0.3, 0.4) is 0 Å². The van der Waals surface area contributed by atoms with E-state index in [1.165, 1.54) is 0 Å². The van der Waals surface area contributed by atoms with Crippen LogP contribution >= 0.6 is 0 Å². The number of nitrogens with zero attached hydrogens (tertiary/aromatic N) is 1. The summed E-state index contributed by atoms with van der Waals surface area (Å²) in [6, 6.07) is 13.7. The summed E-state index contributed by atoms with van der Waals surface area (Å²) in [4.78, 5) is 4.48. The molecule has 0 bridgehead atoms. The van der Waals surface area contributed by atoms with Gasteiger partial charge in [-0.05, 0) is 36.2 Å². The Kier molecular flexibility index (Phi) is 3.77. The van der Waals surface area contributed by atoms with Crippen LogP contribution in [-0.4, -0.2) is 19.2 Å². The van der Waals surface area contributed by atoms with E-state index in [-0.39, 0.29) is 0 Å². The van der Waals surface area contributed by atoms with Crippen molar-refractivity contribution in [2.45, 2.75) is 12.8 Å². The molecule has 0 unspecified atom stereocenters. The third-order valence-corrected chi connectivity index (χ3v) is 3.41. The predicted molar refractivity (Wildman–Crippen MR) is 81.0 cm³/mol. The number of hydrogen-bond donors (Lipinski definition) is 0. The summed E-state index contributed by atoms with van der Waals surface area (Å²) in [7, 11) is 3.28. The Morgan fingerprint density at radius 2 is 1.76 bits per heavy atom. The van der Waals surface area contributed by atoms with Crippen molar-refractivity contribution < 1.29 is 13.9 Å². The fourth-order valence-electron chi connectivity index (χ4n) is 2.31. The number of hydrogen-bond acceptors (Lipinski definition) is 4. The van der Waals surface area contributed by atoms with Gasteiger partial charge in [0.15, 0.2) is 23.0 Å². The minimum atomic E-state index is 0.739. The molecule has 3 aromatic rings. The summed E-state index contributed by atoms with van der Waals surface area (Å²) in [5.74, 6) is 2.24. The molecule has 0 aliphatic heterocycles. The molecular weight excluding hydrogens is 266 g/mol. The van der Waals surface area contributed by atoms with Gasteiger partial charge >= 0.3 is 0 Å². The van der Waals surface area contributed by atoms with Gasteiger partial charge in [-0.1, -0.05) is 18.2 Å². The molecule has 2 aromatic carbocycles. The second kappa shape index (κ2) is 5.87. The molecule has 4 heteroatoms. The Bertz CT molecular complexity index is 716. The molecular formula is C17H17NO3. The Morgan fingerprint density at radius 1 is 0.952 bits per heavy atom. The van der Waals surface area contributed by atoms with Gasteiger partial charge in [0.05, 0.1) is 14.2 Å². The number of methoxy groups -OCH3 is 2. The van der Waals surface area contributed by atoms with E-state index in [1.807, 2.05) is 42.5 Å². The molecule has 0 N–H and O–H groups in total. The lowest BCUT2D eigenvalue weighted by Crippen LogP contribution is -1.95. The molecule has 108 valence electrons. The van der Waals surface area contributed by atoms with Crippen LogP contribution in [-0.2, 0) is 12.8 Å². The largest absolute Gasteiger partial charge is 0.493 e. The van der Waals surface area contributed by atoms with E-state index in [9.17, 15) is 0 Å². The van der Waals surface area contributed by atoms with E-state index in [0.717, 1.165) is 46.9 Å². The summed E-state index contributed by atoms with van der Waals surface area (Å²) in [6.07, 6.45) is 1.59. The van der Waals surface area contributed by atoms with Crippen LogP contribution < -0.4 is 9.47 Å². The van der Waals surface area contributed by atoms with Crippen molar-refractivity contribution in [3.8, 4) is 11.5 Å². The molecule has 0 spiro atoms. The van der Waals surface area contributed by atoms with E-state index in [2.05, 4.69) is 4.98 Å². The first-order valence-electron chi connectivity index (χ1n) is 6.85. The molecule has 0 radical (unpaired) electrons. The smallest absolute Gasteiger partial charge is 0.195 e. The van der Waals surface area contributed by atoms with E-state index >= 15 is 0 Å². The van der Waals surface area contributed by atoms with Gasteiger partial charge in [0.25, 0.3) is 0 Å². The van der Waals surface area contributed by atoms with Crippen LogP contribution in [0.5, 0.6) is 11.5 Å². The van der Waals surface area contributed by atoms with E-state index in [0.29, 0.717) is 0 Å². The number of fused-ring (bicyclic) bond motifs is 1. The third kappa shape index (κ3) is 2.84. The van der Waals surface area contributed by atoms with Gasteiger partial charge in [-0.25, -0.2) is 4.98 Å². The molecule has 0 saturated carbocycles. The molecule has 0 atom stereocenters. The first-order valence-corrected chi connectivity index (χ1v) is 6.85. The van der Waals surface area contributed by atoms with E-state index in [1.54, 1.807) is 14.2 Å². The average molecular weight is 283 g/mol. The third-order valence-electron chi connectivity index (χ3n) is 3.41. The number of ether oxygens (including phenoxy) is 2. The fraction of sp³-hybridized carbons (Fsp3) is 0.235. The van der Waals surface area contributed by atoms with Gasteiger partial charge in [-0.15, -0.1) is 0 Å². The zero-order valence-corrected chi connectivity index (χ0v) is 12.1. The van der Waals surface area contributed by atoms with E-state index in [4.69, 9.17) is 13.9 Å². The Morgan fingerprint density at radius 3 is 2.52 bits per heavy atom. The normalized spacial score (nSPS) is 10.8. The van der Waals surface area contributed by atoms with Gasteiger partial charge in [0, 0.05) is 6.42 Å². The fourth-order valence-corrected chi connectivity index (χ4v) is 2.31. The Labute approximate surface area is 123 Å². The van der Waals surface area contributed by atoms with Crippen LogP contribution in [0.4, 0.5) is 0 Å². The molecule has 21 heavy (non-hydrogen) atoms. The number of oxazole rings is 1. The standard InChI is InChI=1S/C17H17NO3/c1-19-15-9-7-12(11-16(15)20-2)8-10-17-18-13-5-3-4-6-14(13)21-17/h3-7,9,11H,8,10H2,1-2H3. The summed E-state index contributed by atoms with van der Waals surface area (Å²) in [6.45, 7) is 0. The second-order valence-electron chi connectivity index (χ2n) is 4.76. The number of aromatic nitrogens is 1. The molecule has 0 saturated heterocycles. The summed E-state index contributed by atoms with van der Waals surface area (Å²) in [5.41, 5.74) is 2.90. The van der Waals surface area contributed by atoms with Gasteiger partial charge in [0.1, 0.15) is 5.52 Å². The highest BCUT2D eigenvalue weighted by Gasteiger charge is 2.08.